The maximum Gasteiger partial charge on any atom is 0.303 e. The molecule has 0 bridgehead atoms. The van der Waals surface area contributed by atoms with E-state index in [9.17, 15) is 4.79 Å². The van der Waals surface area contributed by atoms with Gasteiger partial charge in [-0.1, -0.05) is 18.2 Å². The Labute approximate surface area is 111 Å². The molecule has 1 heterocycles. The molecule has 1 aliphatic heterocycles. The third-order valence-electron chi connectivity index (χ3n) is 2.80. The largest absolute Gasteiger partial charge is 0.481 e. The Bertz CT molecular complexity index is 466. The van der Waals surface area contributed by atoms with Crippen LogP contribution in [0, 0.1) is 0 Å². The first kappa shape index (κ1) is 12.8. The molecule has 0 spiro atoms. The first-order valence-electron chi connectivity index (χ1n) is 5.67. The summed E-state index contributed by atoms with van der Waals surface area (Å²) in [6, 6.07) is 9.65. The molecule has 1 fully saturated rings. The number of para-hydroxylation sites is 1. The molecule has 1 atom stereocenters. The van der Waals surface area contributed by atoms with Gasteiger partial charge in [-0.25, -0.2) is 5.43 Å². The number of aliphatic carboxylic acids is 1. The van der Waals surface area contributed by atoms with E-state index < -0.39 is 11.6 Å². The van der Waals surface area contributed by atoms with E-state index in [1.165, 1.54) is 0 Å². The van der Waals surface area contributed by atoms with Crippen molar-refractivity contribution < 1.29 is 9.90 Å². The minimum Gasteiger partial charge on any atom is -0.481 e. The molecule has 1 aliphatic rings. The first-order chi connectivity index (χ1) is 8.50. The Hall–Kier alpha value is -1.66. The van der Waals surface area contributed by atoms with Crippen LogP contribution in [0.25, 0.3) is 0 Å². The number of carboxylic acid groups (broad SMARTS) is 1. The number of thiocarbonyl (C=S) groups is 1. The molecule has 1 saturated heterocycles. The number of carboxylic acids is 1. The highest BCUT2D eigenvalue weighted by Gasteiger charge is 2.36. The van der Waals surface area contributed by atoms with Crippen molar-refractivity contribution in [2.45, 2.75) is 25.4 Å². The maximum absolute atomic E-state index is 10.6. The highest BCUT2D eigenvalue weighted by Crippen LogP contribution is 2.21. The van der Waals surface area contributed by atoms with E-state index in [-0.39, 0.29) is 6.42 Å². The second-order valence-electron chi connectivity index (χ2n) is 4.44. The smallest absolute Gasteiger partial charge is 0.303 e. The van der Waals surface area contributed by atoms with Crippen LogP contribution >= 0.6 is 12.2 Å². The van der Waals surface area contributed by atoms with Gasteiger partial charge >= 0.3 is 5.97 Å². The van der Waals surface area contributed by atoms with Crippen LogP contribution in [0.15, 0.2) is 30.3 Å². The van der Waals surface area contributed by atoms with Gasteiger partial charge < -0.3 is 10.4 Å². The van der Waals surface area contributed by atoms with Gasteiger partial charge in [0.25, 0.3) is 0 Å². The highest BCUT2D eigenvalue weighted by atomic mass is 32.1. The number of anilines is 1. The molecule has 96 valence electrons. The van der Waals surface area contributed by atoms with Gasteiger partial charge in [0.15, 0.2) is 5.11 Å². The maximum atomic E-state index is 10.6. The molecule has 0 radical (unpaired) electrons. The lowest BCUT2D eigenvalue weighted by Gasteiger charge is -2.24. The number of hydrogen-bond donors (Lipinski definition) is 3. The first-order valence-corrected chi connectivity index (χ1v) is 6.08. The third-order valence-corrected chi connectivity index (χ3v) is 3.08. The van der Waals surface area contributed by atoms with Crippen LogP contribution in [0.3, 0.4) is 0 Å². The van der Waals surface area contributed by atoms with Gasteiger partial charge in [-0.15, -0.1) is 0 Å². The van der Waals surface area contributed by atoms with Crippen LogP contribution in [0.5, 0.6) is 0 Å². The van der Waals surface area contributed by atoms with Gasteiger partial charge in [-0.2, -0.15) is 0 Å². The molecule has 0 amide bonds. The van der Waals surface area contributed by atoms with Crippen molar-refractivity contribution in [1.82, 2.24) is 10.7 Å². The molecule has 1 aromatic rings. The fourth-order valence-electron chi connectivity index (χ4n) is 1.85. The predicted octanol–water partition coefficient (Wildman–Crippen LogP) is 1.47. The van der Waals surface area contributed by atoms with E-state index in [1.807, 2.05) is 37.3 Å². The van der Waals surface area contributed by atoms with Crippen LogP contribution in [-0.2, 0) is 4.79 Å². The van der Waals surface area contributed by atoms with Crippen LogP contribution in [0.1, 0.15) is 19.8 Å². The highest BCUT2D eigenvalue weighted by molar-refractivity contribution is 7.80. The standard InChI is InChI=1S/C12H15N3O2S/c1-12(8-7-10(16)17)13-11(18)15(14-12)9-5-3-2-4-6-9/h2-6,14H,7-8H2,1H3,(H,13,18)(H,16,17). The van der Waals surface area contributed by atoms with Crippen molar-refractivity contribution in [1.29, 1.82) is 0 Å². The molecule has 18 heavy (non-hydrogen) atoms. The summed E-state index contributed by atoms with van der Waals surface area (Å²) in [6.07, 6.45) is 0.535. The van der Waals surface area contributed by atoms with Gasteiger partial charge in [0.1, 0.15) is 5.66 Å². The summed E-state index contributed by atoms with van der Waals surface area (Å²) in [7, 11) is 0. The summed E-state index contributed by atoms with van der Waals surface area (Å²) >= 11 is 5.26. The van der Waals surface area contributed by atoms with E-state index in [1.54, 1.807) is 5.01 Å². The Morgan fingerprint density at radius 3 is 2.72 bits per heavy atom. The monoisotopic (exact) mass is 265 g/mol. The van der Waals surface area contributed by atoms with Crippen molar-refractivity contribution in [3.05, 3.63) is 30.3 Å². The van der Waals surface area contributed by atoms with E-state index in [0.717, 1.165) is 5.69 Å². The molecule has 3 N–H and O–H groups in total. The average molecular weight is 265 g/mol. The number of hydrogen-bond acceptors (Lipinski definition) is 3. The Balaban J connectivity index is 2.09. The van der Waals surface area contributed by atoms with Gasteiger partial charge in [0.05, 0.1) is 5.69 Å². The van der Waals surface area contributed by atoms with Gasteiger partial charge in [-0.3, -0.25) is 9.80 Å². The number of nitrogens with zero attached hydrogens (tertiary/aromatic N) is 1. The predicted molar refractivity (Wildman–Crippen MR) is 73.1 cm³/mol. The second kappa shape index (κ2) is 4.91. The third kappa shape index (κ3) is 2.77. The summed E-state index contributed by atoms with van der Waals surface area (Å²) in [5, 5.41) is 14.2. The van der Waals surface area contributed by atoms with Crippen molar-refractivity contribution in [2.24, 2.45) is 0 Å². The Morgan fingerprint density at radius 1 is 1.44 bits per heavy atom. The number of nitrogens with one attached hydrogen (secondary N) is 2. The number of hydrazine groups is 1. The minimum atomic E-state index is -0.816. The quantitative estimate of drug-likeness (QED) is 0.716. The summed E-state index contributed by atoms with van der Waals surface area (Å²) < 4.78 is 0. The molecule has 2 rings (SSSR count). The van der Waals surface area contributed by atoms with Gasteiger partial charge in [0.2, 0.25) is 0 Å². The zero-order valence-corrected chi connectivity index (χ0v) is 10.8. The lowest BCUT2D eigenvalue weighted by molar-refractivity contribution is -0.137. The molecular formula is C12H15N3O2S. The van der Waals surface area contributed by atoms with Crippen LogP contribution in [0.2, 0.25) is 0 Å². The lowest BCUT2D eigenvalue weighted by atomic mass is 10.1. The lowest BCUT2D eigenvalue weighted by Crippen LogP contribution is -2.48. The van der Waals surface area contributed by atoms with Crippen molar-refractivity contribution >= 4 is 29.0 Å². The van der Waals surface area contributed by atoms with E-state index in [0.29, 0.717) is 11.5 Å². The molecule has 0 saturated carbocycles. The van der Waals surface area contributed by atoms with Gasteiger partial charge in [0, 0.05) is 6.42 Å². The summed E-state index contributed by atoms with van der Waals surface area (Å²) in [5.41, 5.74) is 3.61. The molecule has 1 aromatic carbocycles. The normalized spacial score (nSPS) is 22.9. The zero-order valence-electron chi connectivity index (χ0n) is 10.0. The van der Waals surface area contributed by atoms with E-state index >= 15 is 0 Å². The van der Waals surface area contributed by atoms with Crippen molar-refractivity contribution in [3.63, 3.8) is 0 Å². The van der Waals surface area contributed by atoms with Crippen molar-refractivity contribution in [2.75, 3.05) is 5.01 Å². The number of benzene rings is 1. The fourth-order valence-corrected chi connectivity index (χ4v) is 2.23. The summed E-state index contributed by atoms with van der Waals surface area (Å²) in [4.78, 5) is 10.6. The molecule has 6 heteroatoms. The topological polar surface area (TPSA) is 64.6 Å². The SMILES string of the molecule is CC1(CCC(=O)O)NC(=S)N(c2ccccc2)N1. The summed E-state index contributed by atoms with van der Waals surface area (Å²) in [5.74, 6) is -0.816. The number of rotatable bonds is 4. The van der Waals surface area contributed by atoms with E-state index in [2.05, 4.69) is 10.7 Å². The van der Waals surface area contributed by atoms with Crippen LogP contribution in [-0.4, -0.2) is 21.9 Å². The molecule has 5 nitrogen and oxygen atoms in total. The van der Waals surface area contributed by atoms with E-state index in [4.69, 9.17) is 17.3 Å². The fraction of sp³-hybridized carbons (Fsp3) is 0.333. The Morgan fingerprint density at radius 2 is 2.11 bits per heavy atom. The Kier molecular flexibility index (Phi) is 3.49. The molecular weight excluding hydrogens is 250 g/mol. The average Bonchev–Trinajstić information content (AvgIpc) is 2.64. The second-order valence-corrected chi connectivity index (χ2v) is 4.83. The van der Waals surface area contributed by atoms with Crippen molar-refractivity contribution in [3.8, 4) is 0 Å². The number of carbonyl (C=O) groups is 1. The zero-order chi connectivity index (χ0) is 13.2. The molecule has 1 unspecified atom stereocenters. The van der Waals surface area contributed by atoms with Gasteiger partial charge in [-0.05, 0) is 37.7 Å². The molecule has 0 aliphatic carbocycles. The van der Waals surface area contributed by atoms with Crippen LogP contribution < -0.4 is 15.8 Å². The molecule has 0 aromatic heterocycles. The minimum absolute atomic E-state index is 0.0851. The summed E-state index contributed by atoms with van der Waals surface area (Å²) in [6.45, 7) is 1.89. The van der Waals surface area contributed by atoms with Crippen LogP contribution in [0.4, 0.5) is 5.69 Å².